The lowest BCUT2D eigenvalue weighted by molar-refractivity contribution is -0.138. The normalized spacial score (nSPS) is 22.8. The van der Waals surface area contributed by atoms with Gasteiger partial charge in [-0.2, -0.15) is 0 Å². The highest BCUT2D eigenvalue weighted by Crippen LogP contribution is 2.07. The molecule has 0 aromatic heterocycles. The van der Waals surface area contributed by atoms with Crippen molar-refractivity contribution in [3.05, 3.63) is 0 Å². The van der Waals surface area contributed by atoms with Gasteiger partial charge in [-0.25, -0.2) is 0 Å². The molecule has 0 aromatic rings. The minimum Gasteiger partial charge on any atom is -0.481 e. The van der Waals surface area contributed by atoms with Gasteiger partial charge >= 0.3 is 5.97 Å². The van der Waals surface area contributed by atoms with Gasteiger partial charge in [0.15, 0.2) is 0 Å². The minimum absolute atomic E-state index is 0.111. The average Bonchev–Trinajstić information content (AvgIpc) is 2.49. The molecule has 1 fully saturated rings. The Balaban J connectivity index is 1.91. The number of carbonyl (C=O) groups is 1. The van der Waals surface area contributed by atoms with E-state index in [4.69, 9.17) is 9.84 Å². The van der Waals surface area contributed by atoms with E-state index < -0.39 is 5.97 Å². The number of ether oxygens (including phenoxy) is 1. The number of hydrogen-bond acceptors (Lipinski definition) is 3. The number of hydrogen-bond donors (Lipinski definition) is 2. The first-order valence-electron chi connectivity index (χ1n) is 4.29. The van der Waals surface area contributed by atoms with Crippen LogP contribution >= 0.6 is 0 Å². The van der Waals surface area contributed by atoms with E-state index in [1.54, 1.807) is 0 Å². The molecule has 0 aliphatic carbocycles. The number of nitrogens with one attached hydrogen (secondary N) is 1. The van der Waals surface area contributed by atoms with Crippen molar-refractivity contribution in [2.45, 2.75) is 12.8 Å². The molecule has 1 atom stereocenters. The topological polar surface area (TPSA) is 58.6 Å². The van der Waals surface area contributed by atoms with Crippen molar-refractivity contribution in [1.29, 1.82) is 0 Å². The van der Waals surface area contributed by atoms with Crippen LogP contribution in [-0.2, 0) is 9.53 Å². The molecule has 0 saturated carbocycles. The van der Waals surface area contributed by atoms with Crippen LogP contribution in [0, 0.1) is 5.92 Å². The smallest absolute Gasteiger partial charge is 0.305 e. The predicted molar refractivity (Wildman–Crippen MR) is 44.0 cm³/mol. The Bertz CT molecular complexity index is 143. The van der Waals surface area contributed by atoms with Crippen molar-refractivity contribution in [3.63, 3.8) is 0 Å². The van der Waals surface area contributed by atoms with Crippen LogP contribution in [0.2, 0.25) is 0 Å². The highest BCUT2D eigenvalue weighted by atomic mass is 16.5. The SMILES string of the molecule is O=C(O)CCOC[C@@H]1CCNC1. The molecule has 0 bridgehead atoms. The predicted octanol–water partition coefficient (Wildman–Crippen LogP) is 0.0872. The second-order valence-corrected chi connectivity index (χ2v) is 3.08. The maximum Gasteiger partial charge on any atom is 0.305 e. The van der Waals surface area contributed by atoms with Crippen LogP contribution in [0.5, 0.6) is 0 Å². The van der Waals surface area contributed by atoms with Gasteiger partial charge in [0.25, 0.3) is 0 Å². The van der Waals surface area contributed by atoms with Gasteiger partial charge in [-0.3, -0.25) is 4.79 Å². The van der Waals surface area contributed by atoms with Crippen LogP contribution in [0.15, 0.2) is 0 Å². The van der Waals surface area contributed by atoms with Crippen LogP contribution in [0.25, 0.3) is 0 Å². The summed E-state index contributed by atoms with van der Waals surface area (Å²) in [5.41, 5.74) is 0. The Hall–Kier alpha value is -0.610. The van der Waals surface area contributed by atoms with Gasteiger partial charge in [0.1, 0.15) is 0 Å². The Labute approximate surface area is 71.9 Å². The highest BCUT2D eigenvalue weighted by Gasteiger charge is 2.13. The summed E-state index contributed by atoms with van der Waals surface area (Å²) >= 11 is 0. The molecular formula is C8H15NO3. The minimum atomic E-state index is -0.792. The third kappa shape index (κ3) is 3.69. The molecule has 70 valence electrons. The maximum absolute atomic E-state index is 10.1. The average molecular weight is 173 g/mol. The summed E-state index contributed by atoms with van der Waals surface area (Å²) in [4.78, 5) is 10.1. The van der Waals surface area contributed by atoms with Gasteiger partial charge in [0, 0.05) is 6.54 Å². The molecule has 12 heavy (non-hydrogen) atoms. The Morgan fingerprint density at radius 3 is 3.08 bits per heavy atom. The number of rotatable bonds is 5. The van der Waals surface area contributed by atoms with E-state index in [1.807, 2.05) is 0 Å². The first kappa shape index (κ1) is 9.48. The third-order valence-corrected chi connectivity index (χ3v) is 1.98. The Morgan fingerprint density at radius 1 is 1.67 bits per heavy atom. The lowest BCUT2D eigenvalue weighted by Crippen LogP contribution is -2.15. The molecule has 2 N–H and O–H groups in total. The summed E-state index contributed by atoms with van der Waals surface area (Å²) in [6.07, 6.45) is 1.26. The van der Waals surface area contributed by atoms with E-state index in [-0.39, 0.29) is 6.42 Å². The highest BCUT2D eigenvalue weighted by molar-refractivity contribution is 5.66. The van der Waals surface area contributed by atoms with Crippen LogP contribution in [0.4, 0.5) is 0 Å². The summed E-state index contributed by atoms with van der Waals surface area (Å²) in [5.74, 6) is -0.210. The number of aliphatic carboxylic acids is 1. The molecule has 0 radical (unpaired) electrons. The number of carboxylic acids is 1. The molecule has 0 amide bonds. The second-order valence-electron chi connectivity index (χ2n) is 3.08. The van der Waals surface area contributed by atoms with E-state index >= 15 is 0 Å². The van der Waals surface area contributed by atoms with Crippen LogP contribution < -0.4 is 5.32 Å². The first-order valence-corrected chi connectivity index (χ1v) is 4.29. The maximum atomic E-state index is 10.1. The van der Waals surface area contributed by atoms with Crippen LogP contribution in [0.3, 0.4) is 0 Å². The van der Waals surface area contributed by atoms with Gasteiger partial charge in [0.2, 0.25) is 0 Å². The van der Waals surface area contributed by atoms with Crippen molar-refractivity contribution < 1.29 is 14.6 Å². The van der Waals surface area contributed by atoms with Gasteiger partial charge in [0.05, 0.1) is 19.6 Å². The molecular weight excluding hydrogens is 158 g/mol. The summed E-state index contributed by atoms with van der Waals surface area (Å²) in [5, 5.41) is 11.5. The van der Waals surface area contributed by atoms with Crippen molar-refractivity contribution >= 4 is 5.97 Å². The largest absolute Gasteiger partial charge is 0.481 e. The van der Waals surface area contributed by atoms with E-state index in [0.29, 0.717) is 19.1 Å². The zero-order valence-electron chi connectivity index (χ0n) is 7.08. The fraction of sp³-hybridized carbons (Fsp3) is 0.875. The standard InChI is InChI=1S/C8H15NO3/c10-8(11)2-4-12-6-7-1-3-9-5-7/h7,9H,1-6H2,(H,10,11)/t7-/m1/s1. The van der Waals surface area contributed by atoms with Crippen molar-refractivity contribution in [2.75, 3.05) is 26.3 Å². The molecule has 1 aliphatic rings. The van der Waals surface area contributed by atoms with Crippen LogP contribution in [-0.4, -0.2) is 37.4 Å². The van der Waals surface area contributed by atoms with Gasteiger partial charge in [-0.05, 0) is 18.9 Å². The van der Waals surface area contributed by atoms with Gasteiger partial charge < -0.3 is 15.2 Å². The molecule has 1 aliphatic heterocycles. The van der Waals surface area contributed by atoms with Crippen LogP contribution in [0.1, 0.15) is 12.8 Å². The van der Waals surface area contributed by atoms with E-state index in [1.165, 1.54) is 0 Å². The third-order valence-electron chi connectivity index (χ3n) is 1.98. The zero-order valence-corrected chi connectivity index (χ0v) is 7.08. The molecule has 4 heteroatoms. The molecule has 0 aromatic carbocycles. The van der Waals surface area contributed by atoms with E-state index in [2.05, 4.69) is 5.32 Å². The summed E-state index contributed by atoms with van der Waals surface area (Å²) in [6.45, 7) is 3.10. The monoisotopic (exact) mass is 173 g/mol. The summed E-state index contributed by atoms with van der Waals surface area (Å²) in [6, 6.07) is 0. The quantitative estimate of drug-likeness (QED) is 0.578. The zero-order chi connectivity index (χ0) is 8.81. The lowest BCUT2D eigenvalue weighted by atomic mass is 10.1. The molecule has 1 heterocycles. The van der Waals surface area contributed by atoms with Crippen molar-refractivity contribution in [2.24, 2.45) is 5.92 Å². The summed E-state index contributed by atoms with van der Waals surface area (Å²) in [7, 11) is 0. The first-order chi connectivity index (χ1) is 5.79. The lowest BCUT2D eigenvalue weighted by Gasteiger charge is -2.07. The van der Waals surface area contributed by atoms with Crippen molar-refractivity contribution in [1.82, 2.24) is 5.32 Å². The fourth-order valence-electron chi connectivity index (χ4n) is 1.27. The molecule has 0 unspecified atom stereocenters. The van der Waals surface area contributed by atoms with Gasteiger partial charge in [-0.15, -0.1) is 0 Å². The van der Waals surface area contributed by atoms with E-state index in [9.17, 15) is 4.79 Å². The Morgan fingerprint density at radius 2 is 2.50 bits per heavy atom. The summed E-state index contributed by atoms with van der Waals surface area (Å²) < 4.78 is 5.21. The van der Waals surface area contributed by atoms with Gasteiger partial charge in [-0.1, -0.05) is 0 Å². The fourth-order valence-corrected chi connectivity index (χ4v) is 1.27. The Kier molecular flexibility index (Phi) is 4.04. The van der Waals surface area contributed by atoms with Crippen molar-refractivity contribution in [3.8, 4) is 0 Å². The molecule has 4 nitrogen and oxygen atoms in total. The van der Waals surface area contributed by atoms with E-state index in [0.717, 1.165) is 19.5 Å². The molecule has 1 saturated heterocycles. The number of carboxylic acid groups (broad SMARTS) is 1. The molecule has 1 rings (SSSR count). The molecule has 0 spiro atoms. The second kappa shape index (κ2) is 5.11.